The number of rotatable bonds is 3. The predicted molar refractivity (Wildman–Crippen MR) is 80.0 cm³/mol. The highest BCUT2D eigenvalue weighted by atomic mass is 19.1. The molecule has 0 bridgehead atoms. The zero-order chi connectivity index (χ0) is 15.0. The maximum absolute atomic E-state index is 13.9. The van der Waals surface area contributed by atoms with Crippen molar-refractivity contribution in [1.82, 2.24) is 9.80 Å². The number of nitrogens with zero attached hydrogens (tertiary/aromatic N) is 2. The normalized spacial score (nSPS) is 27.3. The molecule has 0 aliphatic carbocycles. The van der Waals surface area contributed by atoms with Crippen LogP contribution < -0.4 is 0 Å². The molecule has 0 aromatic heterocycles. The van der Waals surface area contributed by atoms with Gasteiger partial charge in [0.15, 0.2) is 0 Å². The highest BCUT2D eigenvalue weighted by Crippen LogP contribution is 2.29. The molecule has 116 valence electrons. The van der Waals surface area contributed by atoms with E-state index in [0.29, 0.717) is 30.1 Å². The summed E-state index contributed by atoms with van der Waals surface area (Å²) in [6, 6.07) is 5.00. The number of piperazine rings is 1. The van der Waals surface area contributed by atoms with Gasteiger partial charge in [0, 0.05) is 43.3 Å². The molecule has 2 atom stereocenters. The molecule has 2 fully saturated rings. The summed E-state index contributed by atoms with van der Waals surface area (Å²) in [4.78, 5) is 4.98. The number of halogens is 2. The molecule has 2 unspecified atom stereocenters. The third-order valence-electron chi connectivity index (χ3n) is 4.99. The highest BCUT2D eigenvalue weighted by molar-refractivity contribution is 5.19. The van der Waals surface area contributed by atoms with Crippen molar-refractivity contribution in [2.45, 2.75) is 45.3 Å². The molecule has 0 saturated carbocycles. The minimum Gasteiger partial charge on any atom is -0.298 e. The molecule has 1 aromatic carbocycles. The molecule has 4 heteroatoms. The van der Waals surface area contributed by atoms with Crippen LogP contribution in [0.15, 0.2) is 18.2 Å². The maximum Gasteiger partial charge on any atom is 0.130 e. The lowest BCUT2D eigenvalue weighted by Gasteiger charge is -2.45. The molecule has 0 spiro atoms. The van der Waals surface area contributed by atoms with E-state index in [4.69, 9.17) is 0 Å². The summed E-state index contributed by atoms with van der Waals surface area (Å²) in [5.74, 6) is -0.390. The first-order valence-electron chi connectivity index (χ1n) is 7.96. The lowest BCUT2D eigenvalue weighted by Crippen LogP contribution is -2.57. The Bertz CT molecular complexity index is 504. The fraction of sp³-hybridized carbons (Fsp3) is 0.647. The van der Waals surface area contributed by atoms with Crippen LogP contribution in [0.1, 0.15) is 32.3 Å². The van der Waals surface area contributed by atoms with Gasteiger partial charge in [-0.2, -0.15) is 0 Å². The smallest absolute Gasteiger partial charge is 0.130 e. The quantitative estimate of drug-likeness (QED) is 0.844. The standard InChI is InChI=1S/C17H24F2N2/c1-12(2)17-11-20-7-3-4-15(20)10-21(17)9-13-5-6-14(18)8-16(13)19/h5-6,8,12,15,17H,3-4,7,9-11H2,1-2H3. The van der Waals surface area contributed by atoms with Crippen molar-refractivity contribution in [3.8, 4) is 0 Å². The summed E-state index contributed by atoms with van der Waals surface area (Å²) in [5, 5.41) is 0. The molecule has 1 aromatic rings. The molecular formula is C17H24F2N2. The fourth-order valence-corrected chi connectivity index (χ4v) is 3.79. The monoisotopic (exact) mass is 294 g/mol. The molecule has 3 rings (SSSR count). The van der Waals surface area contributed by atoms with Crippen molar-refractivity contribution in [3.05, 3.63) is 35.4 Å². The minimum absolute atomic E-state index is 0.425. The molecule has 2 saturated heterocycles. The Labute approximate surface area is 125 Å². The molecular weight excluding hydrogens is 270 g/mol. The van der Waals surface area contributed by atoms with E-state index in [2.05, 4.69) is 23.6 Å². The van der Waals surface area contributed by atoms with E-state index in [1.165, 1.54) is 25.5 Å². The van der Waals surface area contributed by atoms with E-state index in [9.17, 15) is 8.78 Å². The molecule has 2 aliphatic rings. The van der Waals surface area contributed by atoms with Gasteiger partial charge in [-0.3, -0.25) is 9.80 Å². The van der Waals surface area contributed by atoms with Gasteiger partial charge >= 0.3 is 0 Å². The Kier molecular flexibility index (Phi) is 4.27. The average Bonchev–Trinajstić information content (AvgIpc) is 2.88. The van der Waals surface area contributed by atoms with Gasteiger partial charge in [-0.15, -0.1) is 0 Å². The zero-order valence-electron chi connectivity index (χ0n) is 12.9. The topological polar surface area (TPSA) is 6.48 Å². The van der Waals surface area contributed by atoms with Gasteiger partial charge in [-0.05, 0) is 31.4 Å². The van der Waals surface area contributed by atoms with Crippen LogP contribution in [0.25, 0.3) is 0 Å². The van der Waals surface area contributed by atoms with E-state index in [1.54, 1.807) is 6.07 Å². The second kappa shape index (κ2) is 6.01. The first-order chi connectivity index (χ1) is 10.0. The Morgan fingerprint density at radius 2 is 2.05 bits per heavy atom. The highest BCUT2D eigenvalue weighted by Gasteiger charge is 2.37. The Morgan fingerprint density at radius 1 is 1.24 bits per heavy atom. The molecule has 0 amide bonds. The van der Waals surface area contributed by atoms with E-state index in [0.717, 1.165) is 19.2 Å². The summed E-state index contributed by atoms with van der Waals surface area (Å²) in [6.45, 7) is 8.32. The molecule has 2 heterocycles. The largest absolute Gasteiger partial charge is 0.298 e. The van der Waals surface area contributed by atoms with Crippen LogP contribution in [-0.4, -0.2) is 41.5 Å². The zero-order valence-corrected chi connectivity index (χ0v) is 12.9. The maximum atomic E-state index is 13.9. The Hall–Kier alpha value is -1.00. The summed E-state index contributed by atoms with van der Waals surface area (Å²) in [7, 11) is 0. The second-order valence-electron chi connectivity index (χ2n) is 6.77. The van der Waals surface area contributed by atoms with Crippen LogP contribution >= 0.6 is 0 Å². The van der Waals surface area contributed by atoms with Crippen molar-refractivity contribution in [2.24, 2.45) is 5.92 Å². The van der Waals surface area contributed by atoms with Crippen LogP contribution in [-0.2, 0) is 6.54 Å². The van der Waals surface area contributed by atoms with Crippen molar-refractivity contribution < 1.29 is 8.78 Å². The Balaban J connectivity index is 1.77. The van der Waals surface area contributed by atoms with Crippen molar-refractivity contribution in [2.75, 3.05) is 19.6 Å². The van der Waals surface area contributed by atoms with E-state index < -0.39 is 11.6 Å². The number of hydrogen-bond donors (Lipinski definition) is 0. The van der Waals surface area contributed by atoms with E-state index in [1.807, 2.05) is 0 Å². The lowest BCUT2D eigenvalue weighted by atomic mass is 9.96. The van der Waals surface area contributed by atoms with Gasteiger partial charge in [0.05, 0.1) is 0 Å². The van der Waals surface area contributed by atoms with Crippen LogP contribution in [0.4, 0.5) is 8.78 Å². The third kappa shape index (κ3) is 3.11. The average molecular weight is 294 g/mol. The van der Waals surface area contributed by atoms with Crippen molar-refractivity contribution >= 4 is 0 Å². The van der Waals surface area contributed by atoms with Crippen LogP contribution in [0, 0.1) is 17.6 Å². The molecule has 2 aliphatic heterocycles. The summed E-state index contributed by atoms with van der Waals surface area (Å²) in [5.41, 5.74) is 0.605. The second-order valence-corrected chi connectivity index (χ2v) is 6.77. The van der Waals surface area contributed by atoms with Gasteiger partial charge in [-0.1, -0.05) is 19.9 Å². The molecule has 0 N–H and O–H groups in total. The SMILES string of the molecule is CC(C)C1CN2CCCC2CN1Cc1ccc(F)cc1F. The molecule has 21 heavy (non-hydrogen) atoms. The van der Waals surface area contributed by atoms with Crippen molar-refractivity contribution in [3.63, 3.8) is 0 Å². The predicted octanol–water partition coefficient (Wildman–Crippen LogP) is 3.27. The van der Waals surface area contributed by atoms with E-state index in [-0.39, 0.29) is 0 Å². The summed E-state index contributed by atoms with van der Waals surface area (Å²) in [6.07, 6.45) is 2.52. The van der Waals surface area contributed by atoms with Gasteiger partial charge in [0.2, 0.25) is 0 Å². The van der Waals surface area contributed by atoms with Gasteiger partial charge < -0.3 is 0 Å². The van der Waals surface area contributed by atoms with Crippen LogP contribution in [0.5, 0.6) is 0 Å². The number of fused-ring (bicyclic) bond motifs is 1. The number of benzene rings is 1. The number of hydrogen-bond acceptors (Lipinski definition) is 2. The lowest BCUT2D eigenvalue weighted by molar-refractivity contribution is 0.0233. The first kappa shape index (κ1) is 14.9. The van der Waals surface area contributed by atoms with Crippen LogP contribution in [0.2, 0.25) is 0 Å². The third-order valence-corrected chi connectivity index (χ3v) is 4.99. The summed E-state index contributed by atoms with van der Waals surface area (Å²) >= 11 is 0. The Morgan fingerprint density at radius 3 is 2.76 bits per heavy atom. The molecule has 0 radical (unpaired) electrons. The summed E-state index contributed by atoms with van der Waals surface area (Å²) < 4.78 is 27.0. The fourth-order valence-electron chi connectivity index (χ4n) is 3.79. The van der Waals surface area contributed by atoms with Crippen molar-refractivity contribution in [1.29, 1.82) is 0 Å². The first-order valence-corrected chi connectivity index (χ1v) is 7.96. The van der Waals surface area contributed by atoms with Gasteiger partial charge in [0.1, 0.15) is 11.6 Å². The van der Waals surface area contributed by atoms with Gasteiger partial charge in [-0.25, -0.2) is 8.78 Å². The van der Waals surface area contributed by atoms with Gasteiger partial charge in [0.25, 0.3) is 0 Å². The minimum atomic E-state index is -0.503. The van der Waals surface area contributed by atoms with E-state index >= 15 is 0 Å². The molecule has 2 nitrogen and oxygen atoms in total. The van der Waals surface area contributed by atoms with Crippen LogP contribution in [0.3, 0.4) is 0 Å².